The van der Waals surface area contributed by atoms with Gasteiger partial charge in [-0.25, -0.2) is 8.42 Å². The van der Waals surface area contributed by atoms with Crippen molar-refractivity contribution in [3.8, 4) is 0 Å². The Morgan fingerprint density at radius 3 is 2.27 bits per heavy atom. The molecule has 1 fully saturated rings. The number of carbonyl (C=O) groups is 1. The number of carbonyl (C=O) groups excluding carboxylic acids is 1. The van der Waals surface area contributed by atoms with Crippen molar-refractivity contribution >= 4 is 28.2 Å². The number of ether oxygens (including phenoxy) is 1. The van der Waals surface area contributed by atoms with Gasteiger partial charge in [0.2, 0.25) is 5.91 Å². The number of methoxy groups -OCH3 is 1. The predicted octanol–water partition coefficient (Wildman–Crippen LogP) is 0.754. The zero-order valence-corrected chi connectivity index (χ0v) is 15.5. The summed E-state index contributed by atoms with van der Waals surface area (Å²) in [5.74, 6) is -0.140. The van der Waals surface area contributed by atoms with Crippen LogP contribution < -0.4 is 10.6 Å². The van der Waals surface area contributed by atoms with Crippen LogP contribution in [0.2, 0.25) is 0 Å². The Morgan fingerprint density at radius 1 is 1.27 bits per heavy atom. The van der Waals surface area contributed by atoms with E-state index in [1.165, 1.54) is 0 Å². The monoisotopic (exact) mass is 356 g/mol. The molecule has 1 amide bonds. The fourth-order valence-corrected chi connectivity index (χ4v) is 3.39. The van der Waals surface area contributed by atoms with Gasteiger partial charge in [0, 0.05) is 13.7 Å². The summed E-state index contributed by atoms with van der Waals surface area (Å²) < 4.78 is 28.5. The number of piperidine rings is 1. The summed E-state index contributed by atoms with van der Waals surface area (Å²) >= 11 is 0. The molecule has 0 bridgehead atoms. The number of amides is 1. The number of sulfone groups is 1. The second-order valence-electron chi connectivity index (χ2n) is 6.65. The van der Waals surface area contributed by atoms with Crippen molar-refractivity contribution in [2.45, 2.75) is 38.4 Å². The summed E-state index contributed by atoms with van der Waals surface area (Å²) in [7, 11) is -1.63. The van der Waals surface area contributed by atoms with Crippen molar-refractivity contribution in [2.75, 3.05) is 39.1 Å². The van der Waals surface area contributed by atoms with E-state index in [-0.39, 0.29) is 30.6 Å². The van der Waals surface area contributed by atoms with Crippen molar-refractivity contribution in [1.29, 1.82) is 0 Å². The molecule has 0 aromatic carbocycles. The molecule has 0 unspecified atom stereocenters. The molecule has 22 heavy (non-hydrogen) atoms. The van der Waals surface area contributed by atoms with Crippen molar-refractivity contribution in [1.82, 2.24) is 10.6 Å². The lowest BCUT2D eigenvalue weighted by Gasteiger charge is -2.35. The Labute approximate surface area is 140 Å². The van der Waals surface area contributed by atoms with Gasteiger partial charge in [-0.2, -0.15) is 0 Å². The van der Waals surface area contributed by atoms with Crippen LogP contribution in [-0.4, -0.2) is 58.2 Å². The molecule has 0 aromatic rings. The molecule has 1 aliphatic rings. The van der Waals surface area contributed by atoms with E-state index in [0.717, 1.165) is 13.1 Å². The Balaban J connectivity index is 0.00000441. The highest BCUT2D eigenvalue weighted by Gasteiger charge is 2.39. The van der Waals surface area contributed by atoms with Crippen LogP contribution in [0.1, 0.15) is 33.6 Å². The number of hydrogen-bond acceptors (Lipinski definition) is 5. The SMILES string of the molecule is COCC1(C(=O)NCCS(=O)(=O)C(C)(C)C)CCNCC1.Cl. The highest BCUT2D eigenvalue weighted by Crippen LogP contribution is 2.29. The van der Waals surface area contributed by atoms with Crippen LogP contribution in [0.4, 0.5) is 0 Å². The van der Waals surface area contributed by atoms with E-state index in [9.17, 15) is 13.2 Å². The van der Waals surface area contributed by atoms with E-state index in [4.69, 9.17) is 4.74 Å². The first-order valence-electron chi connectivity index (χ1n) is 7.35. The minimum absolute atomic E-state index is 0. The fraction of sp³-hybridized carbons (Fsp3) is 0.929. The van der Waals surface area contributed by atoms with E-state index in [1.54, 1.807) is 27.9 Å². The highest BCUT2D eigenvalue weighted by molar-refractivity contribution is 7.92. The lowest BCUT2D eigenvalue weighted by molar-refractivity contribution is -0.136. The summed E-state index contributed by atoms with van der Waals surface area (Å²) in [6, 6.07) is 0. The summed E-state index contributed by atoms with van der Waals surface area (Å²) in [6.45, 7) is 7.08. The maximum atomic E-state index is 12.4. The smallest absolute Gasteiger partial charge is 0.228 e. The van der Waals surface area contributed by atoms with Gasteiger partial charge >= 0.3 is 0 Å². The number of rotatable bonds is 6. The van der Waals surface area contributed by atoms with Gasteiger partial charge in [0.1, 0.15) is 0 Å². The van der Waals surface area contributed by atoms with Crippen LogP contribution in [0.3, 0.4) is 0 Å². The molecule has 1 aliphatic heterocycles. The highest BCUT2D eigenvalue weighted by atomic mass is 35.5. The first kappa shape index (κ1) is 21.6. The summed E-state index contributed by atoms with van der Waals surface area (Å²) in [5, 5.41) is 6.00. The normalized spacial score (nSPS) is 18.4. The first-order chi connectivity index (χ1) is 9.65. The Kier molecular flexibility index (Phi) is 8.33. The number of hydrogen-bond donors (Lipinski definition) is 2. The van der Waals surface area contributed by atoms with Gasteiger partial charge in [0.15, 0.2) is 9.84 Å². The van der Waals surface area contributed by atoms with Crippen LogP contribution >= 0.6 is 12.4 Å². The van der Waals surface area contributed by atoms with Crippen molar-refractivity contribution < 1.29 is 17.9 Å². The standard InChI is InChI=1S/C14H28N2O4S.ClH/c1-13(2,3)21(18,19)10-9-16-12(17)14(11-20-4)5-7-15-8-6-14;/h15H,5-11H2,1-4H3,(H,16,17);1H. The molecule has 0 aromatic heterocycles. The molecule has 1 heterocycles. The molecule has 8 heteroatoms. The fourth-order valence-electron chi connectivity index (χ4n) is 2.41. The van der Waals surface area contributed by atoms with E-state index in [2.05, 4.69) is 10.6 Å². The van der Waals surface area contributed by atoms with Gasteiger partial charge in [-0.15, -0.1) is 12.4 Å². The van der Waals surface area contributed by atoms with Crippen molar-refractivity contribution in [2.24, 2.45) is 5.41 Å². The molecule has 1 rings (SSSR count). The maximum Gasteiger partial charge on any atom is 0.228 e. The molecule has 2 N–H and O–H groups in total. The molecule has 6 nitrogen and oxygen atoms in total. The molecular formula is C14H29ClN2O4S. The molecular weight excluding hydrogens is 328 g/mol. The molecule has 0 aliphatic carbocycles. The third-order valence-electron chi connectivity index (χ3n) is 4.05. The van der Waals surface area contributed by atoms with E-state index in [1.807, 2.05) is 0 Å². The molecule has 0 spiro atoms. The van der Waals surface area contributed by atoms with Crippen LogP contribution in [0, 0.1) is 5.41 Å². The third kappa shape index (κ3) is 5.37. The average Bonchev–Trinajstić information content (AvgIpc) is 2.38. The molecule has 0 radical (unpaired) electrons. The Bertz CT molecular complexity index is 448. The van der Waals surface area contributed by atoms with Gasteiger partial charge in [-0.1, -0.05) is 0 Å². The Hall–Kier alpha value is -0.370. The van der Waals surface area contributed by atoms with Gasteiger partial charge in [-0.3, -0.25) is 4.79 Å². The van der Waals surface area contributed by atoms with Gasteiger partial charge in [-0.05, 0) is 46.7 Å². The third-order valence-corrected chi connectivity index (χ3v) is 6.66. The summed E-state index contributed by atoms with van der Waals surface area (Å²) in [4.78, 5) is 12.4. The minimum Gasteiger partial charge on any atom is -0.384 e. The number of nitrogens with one attached hydrogen (secondary N) is 2. The van der Waals surface area contributed by atoms with Gasteiger partial charge in [0.05, 0.1) is 22.5 Å². The summed E-state index contributed by atoms with van der Waals surface area (Å²) in [6.07, 6.45) is 1.41. The first-order valence-corrected chi connectivity index (χ1v) is 9.00. The van der Waals surface area contributed by atoms with E-state index in [0.29, 0.717) is 19.4 Å². The molecule has 0 atom stereocenters. The maximum absolute atomic E-state index is 12.4. The molecule has 1 saturated heterocycles. The largest absolute Gasteiger partial charge is 0.384 e. The predicted molar refractivity (Wildman–Crippen MR) is 90.2 cm³/mol. The van der Waals surface area contributed by atoms with Crippen LogP contribution in [0.5, 0.6) is 0 Å². The van der Waals surface area contributed by atoms with Crippen LogP contribution in [-0.2, 0) is 19.4 Å². The van der Waals surface area contributed by atoms with Crippen molar-refractivity contribution in [3.05, 3.63) is 0 Å². The number of halogens is 1. The topological polar surface area (TPSA) is 84.5 Å². The Morgan fingerprint density at radius 2 is 1.82 bits per heavy atom. The van der Waals surface area contributed by atoms with Gasteiger partial charge in [0.25, 0.3) is 0 Å². The lowest BCUT2D eigenvalue weighted by Crippen LogP contribution is -2.51. The van der Waals surface area contributed by atoms with Crippen LogP contribution in [0.15, 0.2) is 0 Å². The lowest BCUT2D eigenvalue weighted by atomic mass is 9.78. The minimum atomic E-state index is -3.21. The zero-order valence-electron chi connectivity index (χ0n) is 13.9. The van der Waals surface area contributed by atoms with E-state index >= 15 is 0 Å². The zero-order chi connectivity index (χ0) is 16.1. The second-order valence-corrected chi connectivity index (χ2v) is 9.51. The molecule has 132 valence electrons. The second kappa shape index (κ2) is 8.47. The van der Waals surface area contributed by atoms with Gasteiger partial charge < -0.3 is 15.4 Å². The van der Waals surface area contributed by atoms with Crippen molar-refractivity contribution in [3.63, 3.8) is 0 Å². The van der Waals surface area contributed by atoms with Crippen LogP contribution in [0.25, 0.3) is 0 Å². The average molecular weight is 357 g/mol. The quantitative estimate of drug-likeness (QED) is 0.733. The summed E-state index contributed by atoms with van der Waals surface area (Å²) in [5.41, 5.74) is -0.536. The van der Waals surface area contributed by atoms with E-state index < -0.39 is 20.0 Å². The molecule has 0 saturated carbocycles.